The Bertz CT molecular complexity index is 1270. The average molecular weight is 486 g/mol. The maximum absolute atomic E-state index is 13.8. The van der Waals surface area contributed by atoms with Crippen LogP contribution in [0.15, 0.2) is 30.6 Å². The quantitative estimate of drug-likeness (QED) is 0.481. The number of carbonyl (C=O) groups excluding carboxylic acids is 1. The van der Waals surface area contributed by atoms with E-state index in [1.807, 2.05) is 6.07 Å². The molecule has 1 aromatic carbocycles. The molecule has 1 fully saturated rings. The molecule has 2 aromatic heterocycles. The van der Waals surface area contributed by atoms with Gasteiger partial charge < -0.3 is 19.1 Å². The van der Waals surface area contributed by atoms with Gasteiger partial charge in [-0.1, -0.05) is 0 Å². The van der Waals surface area contributed by atoms with Crippen LogP contribution >= 0.6 is 0 Å². The summed E-state index contributed by atoms with van der Waals surface area (Å²) in [6.07, 6.45) is -0.766. The maximum atomic E-state index is 13.8. The summed E-state index contributed by atoms with van der Waals surface area (Å²) in [5, 5.41) is 9.41. The minimum atomic E-state index is -4.65. The van der Waals surface area contributed by atoms with Crippen LogP contribution in [0, 0.1) is 11.3 Å². The van der Waals surface area contributed by atoms with E-state index < -0.39 is 11.7 Å². The monoisotopic (exact) mass is 486 g/mol. The van der Waals surface area contributed by atoms with Crippen LogP contribution in [0.4, 0.5) is 18.0 Å². The van der Waals surface area contributed by atoms with Gasteiger partial charge in [-0.2, -0.15) is 18.4 Å². The molecule has 0 aliphatic carbocycles. The summed E-state index contributed by atoms with van der Waals surface area (Å²) >= 11 is 0. The number of fused-ring (bicyclic) bond motifs is 1. The zero-order chi connectivity index (χ0) is 25.2. The van der Waals surface area contributed by atoms with Gasteiger partial charge in [-0.3, -0.25) is 0 Å². The molecule has 11 heteroatoms. The number of hydrogen-bond donors (Lipinski definition) is 0. The van der Waals surface area contributed by atoms with Crippen LogP contribution in [0.3, 0.4) is 0 Å². The van der Waals surface area contributed by atoms with E-state index in [0.29, 0.717) is 24.0 Å². The van der Waals surface area contributed by atoms with Gasteiger partial charge in [-0.25, -0.2) is 14.8 Å². The van der Waals surface area contributed by atoms with E-state index in [1.165, 1.54) is 18.5 Å². The molecule has 3 heterocycles. The first-order valence-electron chi connectivity index (χ1n) is 11.3. The fraction of sp³-hybridized carbons (Fsp3) is 0.417. The van der Waals surface area contributed by atoms with Crippen molar-refractivity contribution >= 4 is 17.1 Å². The third kappa shape index (κ3) is 5.16. The minimum absolute atomic E-state index is 0.0257. The van der Waals surface area contributed by atoms with Crippen LogP contribution in [-0.4, -0.2) is 63.7 Å². The maximum Gasteiger partial charge on any atom is 0.419 e. The Balaban J connectivity index is 1.50. The van der Waals surface area contributed by atoms with Crippen LogP contribution in [0.1, 0.15) is 30.5 Å². The first kappa shape index (κ1) is 24.3. The highest BCUT2D eigenvalue weighted by molar-refractivity contribution is 5.84. The van der Waals surface area contributed by atoms with Gasteiger partial charge in [0, 0.05) is 39.3 Å². The molecule has 0 unspecified atom stereocenters. The number of pyridine rings is 1. The molecule has 4 rings (SSSR count). The number of rotatable bonds is 6. The first-order chi connectivity index (χ1) is 16.7. The topological polar surface area (TPSA) is 87.3 Å². The minimum Gasteiger partial charge on any atom is -0.493 e. The molecular formula is C24H25F3N6O2. The molecule has 0 radical (unpaired) electrons. The Morgan fingerprint density at radius 1 is 1.26 bits per heavy atom. The molecule has 184 valence electrons. The number of amides is 2. The molecule has 0 bridgehead atoms. The molecule has 1 saturated heterocycles. The van der Waals surface area contributed by atoms with Crippen molar-refractivity contribution in [3.8, 4) is 23.1 Å². The Kier molecular flexibility index (Phi) is 6.82. The van der Waals surface area contributed by atoms with Crippen molar-refractivity contribution in [1.29, 1.82) is 5.26 Å². The zero-order valence-corrected chi connectivity index (χ0v) is 19.5. The number of hydrogen-bond acceptors (Lipinski definition) is 5. The van der Waals surface area contributed by atoms with Crippen molar-refractivity contribution in [2.24, 2.45) is 7.05 Å². The number of likely N-dealkylation sites (tertiary alicyclic amines) is 1. The molecule has 0 spiro atoms. The van der Waals surface area contributed by atoms with Gasteiger partial charge in [-0.15, -0.1) is 0 Å². The molecule has 0 atom stereocenters. The lowest BCUT2D eigenvalue weighted by atomic mass is 10.1. The van der Waals surface area contributed by atoms with Crippen molar-refractivity contribution in [3.63, 3.8) is 0 Å². The fourth-order valence-electron chi connectivity index (χ4n) is 4.12. The van der Waals surface area contributed by atoms with E-state index in [4.69, 9.17) is 4.74 Å². The molecule has 1 aliphatic rings. The number of aryl methyl sites for hydroxylation is 1. The fourth-order valence-corrected chi connectivity index (χ4v) is 4.12. The number of alkyl halides is 3. The molecule has 0 N–H and O–H groups in total. The van der Waals surface area contributed by atoms with Crippen LogP contribution in [0.25, 0.3) is 22.3 Å². The van der Waals surface area contributed by atoms with E-state index in [0.717, 1.165) is 32.0 Å². The predicted octanol–water partition coefficient (Wildman–Crippen LogP) is 4.44. The van der Waals surface area contributed by atoms with Gasteiger partial charge in [-0.05, 0) is 43.5 Å². The Hall–Kier alpha value is -3.81. The zero-order valence-electron chi connectivity index (χ0n) is 19.5. The summed E-state index contributed by atoms with van der Waals surface area (Å²) in [5.41, 5.74) is 0.537. The van der Waals surface area contributed by atoms with Gasteiger partial charge in [0.25, 0.3) is 0 Å². The van der Waals surface area contributed by atoms with Gasteiger partial charge in [0.2, 0.25) is 0 Å². The second-order valence-electron chi connectivity index (χ2n) is 8.50. The Morgan fingerprint density at radius 3 is 2.69 bits per heavy atom. The van der Waals surface area contributed by atoms with Crippen molar-refractivity contribution in [1.82, 2.24) is 24.3 Å². The average Bonchev–Trinajstić information content (AvgIpc) is 3.50. The number of ether oxygens (including phenoxy) is 1. The van der Waals surface area contributed by atoms with E-state index in [2.05, 4.69) is 9.97 Å². The Labute approximate surface area is 200 Å². The molecule has 8 nitrogen and oxygen atoms in total. The number of imidazole rings is 1. The van der Waals surface area contributed by atoms with Crippen LogP contribution < -0.4 is 4.74 Å². The van der Waals surface area contributed by atoms with Crippen molar-refractivity contribution in [2.75, 3.05) is 33.3 Å². The number of nitriles is 1. The number of carbonyl (C=O) groups is 1. The highest BCUT2D eigenvalue weighted by Crippen LogP contribution is 2.39. The van der Waals surface area contributed by atoms with Gasteiger partial charge in [0.15, 0.2) is 5.69 Å². The van der Waals surface area contributed by atoms with Crippen molar-refractivity contribution in [3.05, 3.63) is 41.9 Å². The summed E-state index contributed by atoms with van der Waals surface area (Å²) in [5.74, 6) is -0.295. The third-order valence-corrected chi connectivity index (χ3v) is 6.00. The lowest BCUT2D eigenvalue weighted by Crippen LogP contribution is -2.40. The number of benzene rings is 1. The van der Waals surface area contributed by atoms with Crippen molar-refractivity contribution < 1.29 is 22.7 Å². The second kappa shape index (κ2) is 9.82. The summed E-state index contributed by atoms with van der Waals surface area (Å²) in [6.45, 7) is 1.87. The summed E-state index contributed by atoms with van der Waals surface area (Å²) in [4.78, 5) is 24.0. The summed E-state index contributed by atoms with van der Waals surface area (Å²) in [7, 11) is 3.41. The van der Waals surface area contributed by atoms with E-state index in [9.17, 15) is 23.2 Å². The van der Waals surface area contributed by atoms with Crippen molar-refractivity contribution in [2.45, 2.75) is 25.4 Å². The van der Waals surface area contributed by atoms with Gasteiger partial charge >= 0.3 is 12.2 Å². The lowest BCUT2D eigenvalue weighted by Gasteiger charge is -2.24. The van der Waals surface area contributed by atoms with Gasteiger partial charge in [0.05, 0.1) is 29.7 Å². The van der Waals surface area contributed by atoms with Crippen LogP contribution in [0.2, 0.25) is 0 Å². The number of aromatic nitrogens is 3. The highest BCUT2D eigenvalue weighted by Gasteiger charge is 2.35. The molecule has 0 saturated carbocycles. The molecule has 35 heavy (non-hydrogen) atoms. The molecular weight excluding hydrogens is 461 g/mol. The third-order valence-electron chi connectivity index (χ3n) is 6.00. The largest absolute Gasteiger partial charge is 0.493 e. The normalized spacial score (nSPS) is 13.8. The SMILES string of the molecule is CN(CCCOc1ccc(-c2cc3c(ncn3C)c(C#N)n2)cc1C(F)(F)F)C(=O)N1CCCC1. The van der Waals surface area contributed by atoms with Crippen LogP contribution in [-0.2, 0) is 13.2 Å². The van der Waals surface area contributed by atoms with Crippen LogP contribution in [0.5, 0.6) is 5.75 Å². The number of halogens is 3. The molecule has 2 amide bonds. The van der Waals surface area contributed by atoms with E-state index >= 15 is 0 Å². The summed E-state index contributed by atoms with van der Waals surface area (Å²) in [6, 6.07) is 7.21. The standard InChI is InChI=1S/C24H25F3N6O2/c1-31(23(34)33-9-3-4-10-33)8-5-11-35-21-7-6-16(12-17(21)24(25,26)27)18-13-20-22(19(14-28)30-18)29-15-32(20)2/h6-7,12-13,15H,3-5,8-11H2,1-2H3. The van der Waals surface area contributed by atoms with E-state index in [1.54, 1.807) is 34.5 Å². The molecule has 3 aromatic rings. The first-order valence-corrected chi connectivity index (χ1v) is 11.3. The number of nitrogens with zero attached hydrogens (tertiary/aromatic N) is 6. The second-order valence-corrected chi connectivity index (χ2v) is 8.50. The predicted molar refractivity (Wildman–Crippen MR) is 123 cm³/mol. The highest BCUT2D eigenvalue weighted by atomic mass is 19.4. The lowest BCUT2D eigenvalue weighted by molar-refractivity contribution is -0.138. The summed E-state index contributed by atoms with van der Waals surface area (Å²) < 4.78 is 48.7. The van der Waals surface area contributed by atoms with E-state index in [-0.39, 0.29) is 35.3 Å². The molecule has 1 aliphatic heterocycles. The number of urea groups is 1. The smallest absolute Gasteiger partial charge is 0.419 e. The Morgan fingerprint density at radius 2 is 2.00 bits per heavy atom. The van der Waals surface area contributed by atoms with Gasteiger partial charge in [0.1, 0.15) is 17.3 Å².